The maximum Gasteiger partial charge on any atom is 0.239 e. The topological polar surface area (TPSA) is 32.3 Å². The molecule has 3 aromatic carbocycles. The molecule has 0 aromatic heterocycles. The molecular formula is C29H32N2O. The maximum atomic E-state index is 13.6. The molecule has 32 heavy (non-hydrogen) atoms. The number of fused-ring (bicyclic) bond motifs is 1. The van der Waals surface area contributed by atoms with Crippen molar-refractivity contribution in [3.63, 3.8) is 0 Å². The van der Waals surface area contributed by atoms with Crippen LogP contribution in [0.2, 0.25) is 0 Å². The number of aryl methyl sites for hydroxylation is 1. The standard InChI is InChI=1S/C29H32N2O/c1-2-22-12-9-15-26-27(22)29(28(32)30-26,25-13-7-4-8-14-25)18-21-31-19-16-24(17-20-31)23-10-5-3-6-11-23/h3-15,24H,2,16-21H2,1H3,(H,30,32). The number of hydrogen-bond donors (Lipinski definition) is 1. The predicted octanol–water partition coefficient (Wildman–Crippen LogP) is 5.76. The average molecular weight is 425 g/mol. The molecule has 2 aliphatic heterocycles. The third-order valence-electron chi connectivity index (χ3n) is 7.52. The van der Waals surface area contributed by atoms with Gasteiger partial charge in [0.15, 0.2) is 0 Å². The lowest BCUT2D eigenvalue weighted by molar-refractivity contribution is -0.119. The Morgan fingerprint density at radius 1 is 0.906 bits per heavy atom. The minimum absolute atomic E-state index is 0.124. The van der Waals surface area contributed by atoms with Crippen LogP contribution in [0.1, 0.15) is 54.4 Å². The van der Waals surface area contributed by atoms with Crippen molar-refractivity contribution in [3.8, 4) is 0 Å². The van der Waals surface area contributed by atoms with E-state index in [0.29, 0.717) is 5.92 Å². The van der Waals surface area contributed by atoms with Gasteiger partial charge >= 0.3 is 0 Å². The van der Waals surface area contributed by atoms with Crippen molar-refractivity contribution in [3.05, 3.63) is 101 Å². The van der Waals surface area contributed by atoms with Crippen LogP contribution in [0.3, 0.4) is 0 Å². The maximum absolute atomic E-state index is 13.6. The average Bonchev–Trinajstić information content (AvgIpc) is 3.16. The van der Waals surface area contributed by atoms with Gasteiger partial charge in [-0.3, -0.25) is 4.79 Å². The van der Waals surface area contributed by atoms with E-state index >= 15 is 0 Å². The fraction of sp³-hybridized carbons (Fsp3) is 0.345. The minimum atomic E-state index is -0.612. The third-order valence-corrected chi connectivity index (χ3v) is 7.52. The number of likely N-dealkylation sites (tertiary alicyclic amines) is 1. The van der Waals surface area contributed by atoms with E-state index in [2.05, 4.69) is 89.9 Å². The lowest BCUT2D eigenvalue weighted by Gasteiger charge is -2.36. The molecule has 2 heterocycles. The van der Waals surface area contributed by atoms with Crippen molar-refractivity contribution < 1.29 is 4.79 Å². The molecule has 1 unspecified atom stereocenters. The summed E-state index contributed by atoms with van der Waals surface area (Å²) in [6.45, 7) is 5.30. The van der Waals surface area contributed by atoms with Gasteiger partial charge in [-0.15, -0.1) is 0 Å². The number of amides is 1. The zero-order valence-corrected chi connectivity index (χ0v) is 18.9. The molecule has 1 amide bonds. The molecule has 5 rings (SSSR count). The van der Waals surface area contributed by atoms with Crippen molar-refractivity contribution in [2.75, 3.05) is 25.0 Å². The normalized spacial score (nSPS) is 21.3. The molecule has 0 radical (unpaired) electrons. The number of nitrogens with zero attached hydrogens (tertiary/aromatic N) is 1. The number of hydrogen-bond acceptors (Lipinski definition) is 2. The van der Waals surface area contributed by atoms with Gasteiger partial charge < -0.3 is 10.2 Å². The SMILES string of the molecule is CCc1cccc2c1C(CCN1CCC(c3ccccc3)CC1)(c1ccccc1)C(=O)N2. The van der Waals surface area contributed by atoms with Crippen molar-refractivity contribution in [1.82, 2.24) is 4.90 Å². The summed E-state index contributed by atoms with van der Waals surface area (Å²) >= 11 is 0. The third kappa shape index (κ3) is 3.65. The van der Waals surface area contributed by atoms with Crippen LogP contribution < -0.4 is 5.32 Å². The van der Waals surface area contributed by atoms with E-state index in [9.17, 15) is 4.79 Å². The highest BCUT2D eigenvalue weighted by Crippen LogP contribution is 2.47. The number of anilines is 1. The fourth-order valence-electron chi connectivity index (χ4n) is 5.77. The molecule has 1 N–H and O–H groups in total. The predicted molar refractivity (Wildman–Crippen MR) is 131 cm³/mol. The van der Waals surface area contributed by atoms with Crippen LogP contribution in [0.25, 0.3) is 0 Å². The van der Waals surface area contributed by atoms with Crippen LogP contribution >= 0.6 is 0 Å². The molecule has 3 aromatic rings. The number of carbonyl (C=O) groups is 1. The molecular weight excluding hydrogens is 392 g/mol. The lowest BCUT2D eigenvalue weighted by atomic mass is 9.70. The van der Waals surface area contributed by atoms with Crippen LogP contribution in [-0.4, -0.2) is 30.4 Å². The van der Waals surface area contributed by atoms with Crippen LogP contribution in [0, 0.1) is 0 Å². The summed E-state index contributed by atoms with van der Waals surface area (Å²) in [5.41, 5.74) is 5.41. The van der Waals surface area contributed by atoms with Gasteiger partial charge in [-0.25, -0.2) is 0 Å². The van der Waals surface area contributed by atoms with Crippen molar-refractivity contribution in [2.24, 2.45) is 0 Å². The lowest BCUT2D eigenvalue weighted by Crippen LogP contribution is -2.42. The first-order chi connectivity index (χ1) is 15.7. The Labute approximate surface area is 191 Å². The summed E-state index contributed by atoms with van der Waals surface area (Å²) in [5, 5.41) is 3.22. The van der Waals surface area contributed by atoms with Crippen LogP contribution in [0.4, 0.5) is 5.69 Å². The van der Waals surface area contributed by atoms with Gasteiger partial charge in [0.25, 0.3) is 0 Å². The van der Waals surface area contributed by atoms with E-state index in [0.717, 1.165) is 43.7 Å². The first-order valence-electron chi connectivity index (χ1n) is 12.0. The molecule has 3 heteroatoms. The molecule has 1 atom stereocenters. The highest BCUT2D eigenvalue weighted by atomic mass is 16.2. The summed E-state index contributed by atoms with van der Waals surface area (Å²) in [6, 6.07) is 27.6. The molecule has 0 bridgehead atoms. The molecule has 2 aliphatic rings. The van der Waals surface area contributed by atoms with E-state index in [-0.39, 0.29) is 5.91 Å². The van der Waals surface area contributed by atoms with Crippen LogP contribution in [0.15, 0.2) is 78.9 Å². The Morgan fingerprint density at radius 2 is 1.59 bits per heavy atom. The second-order valence-corrected chi connectivity index (χ2v) is 9.20. The van der Waals surface area contributed by atoms with Crippen LogP contribution in [-0.2, 0) is 16.6 Å². The Balaban J connectivity index is 1.40. The van der Waals surface area contributed by atoms with Gasteiger partial charge in [-0.05, 0) is 79.6 Å². The second-order valence-electron chi connectivity index (χ2n) is 9.20. The molecule has 164 valence electrons. The molecule has 0 aliphatic carbocycles. The molecule has 0 saturated carbocycles. The van der Waals surface area contributed by atoms with E-state index < -0.39 is 5.41 Å². The van der Waals surface area contributed by atoms with Gasteiger partial charge in [0.1, 0.15) is 5.41 Å². The van der Waals surface area contributed by atoms with Crippen molar-refractivity contribution >= 4 is 11.6 Å². The Hall–Kier alpha value is -2.91. The number of piperidine rings is 1. The molecule has 3 nitrogen and oxygen atoms in total. The molecule has 1 fully saturated rings. The monoisotopic (exact) mass is 424 g/mol. The van der Waals surface area contributed by atoms with Crippen molar-refractivity contribution in [2.45, 2.75) is 43.9 Å². The summed E-state index contributed by atoms with van der Waals surface area (Å²) in [5.74, 6) is 0.775. The Kier molecular flexibility index (Phi) is 5.84. The molecule has 1 saturated heterocycles. The van der Waals surface area contributed by atoms with Gasteiger partial charge in [-0.1, -0.05) is 79.7 Å². The quantitative estimate of drug-likeness (QED) is 0.546. The first-order valence-corrected chi connectivity index (χ1v) is 12.0. The Bertz CT molecular complexity index is 1070. The van der Waals surface area contributed by atoms with Gasteiger partial charge in [0.2, 0.25) is 5.91 Å². The number of rotatable bonds is 6. The summed E-state index contributed by atoms with van der Waals surface area (Å²) in [4.78, 5) is 16.2. The van der Waals surface area contributed by atoms with E-state index in [1.807, 2.05) is 6.07 Å². The van der Waals surface area contributed by atoms with E-state index in [4.69, 9.17) is 0 Å². The minimum Gasteiger partial charge on any atom is -0.325 e. The van der Waals surface area contributed by atoms with Gasteiger partial charge in [0, 0.05) is 5.69 Å². The smallest absolute Gasteiger partial charge is 0.239 e. The van der Waals surface area contributed by atoms with Crippen LogP contribution in [0.5, 0.6) is 0 Å². The highest BCUT2D eigenvalue weighted by Gasteiger charge is 2.49. The zero-order valence-electron chi connectivity index (χ0n) is 18.9. The highest BCUT2D eigenvalue weighted by molar-refractivity contribution is 6.09. The van der Waals surface area contributed by atoms with E-state index in [1.54, 1.807) is 0 Å². The molecule has 0 spiro atoms. The fourth-order valence-corrected chi connectivity index (χ4v) is 5.77. The first kappa shape index (κ1) is 21.0. The summed E-state index contributed by atoms with van der Waals surface area (Å²) in [7, 11) is 0. The van der Waals surface area contributed by atoms with Crippen molar-refractivity contribution in [1.29, 1.82) is 0 Å². The number of benzene rings is 3. The second kappa shape index (κ2) is 8.91. The van der Waals surface area contributed by atoms with Gasteiger partial charge in [-0.2, -0.15) is 0 Å². The Morgan fingerprint density at radius 3 is 2.28 bits per heavy atom. The van der Waals surface area contributed by atoms with E-state index in [1.165, 1.54) is 29.5 Å². The summed E-state index contributed by atoms with van der Waals surface area (Å²) < 4.78 is 0. The summed E-state index contributed by atoms with van der Waals surface area (Å²) in [6.07, 6.45) is 4.11. The van der Waals surface area contributed by atoms with Gasteiger partial charge in [0.05, 0.1) is 0 Å². The largest absolute Gasteiger partial charge is 0.325 e. The zero-order chi connectivity index (χ0) is 22.0. The number of carbonyl (C=O) groups excluding carboxylic acids is 1. The number of nitrogens with one attached hydrogen (secondary N) is 1.